The van der Waals surface area contributed by atoms with Gasteiger partial charge in [-0.3, -0.25) is 9.18 Å². The van der Waals surface area contributed by atoms with Gasteiger partial charge in [-0.1, -0.05) is 11.6 Å². The third kappa shape index (κ3) is 5.20. The van der Waals surface area contributed by atoms with Crippen LogP contribution >= 0.6 is 11.6 Å². The Morgan fingerprint density at radius 3 is 2.71 bits per heavy atom. The number of sulfonamides is 1. The van der Waals surface area contributed by atoms with Crippen molar-refractivity contribution in [3.63, 3.8) is 0 Å². The van der Waals surface area contributed by atoms with E-state index in [1.165, 1.54) is 28.6 Å². The van der Waals surface area contributed by atoms with E-state index in [1.54, 1.807) is 23.9 Å². The second kappa shape index (κ2) is 10.2. The van der Waals surface area contributed by atoms with Crippen molar-refractivity contribution in [1.29, 1.82) is 0 Å². The van der Waals surface area contributed by atoms with Crippen LogP contribution in [0, 0.1) is 11.7 Å². The fourth-order valence-corrected chi connectivity index (χ4v) is 6.09. The van der Waals surface area contributed by atoms with Crippen molar-refractivity contribution in [1.82, 2.24) is 8.87 Å². The van der Waals surface area contributed by atoms with E-state index in [2.05, 4.69) is 5.32 Å². The normalized spacial score (nSPS) is 19.9. The van der Waals surface area contributed by atoms with E-state index < -0.39 is 40.4 Å². The van der Waals surface area contributed by atoms with Crippen LogP contribution in [0.25, 0.3) is 10.9 Å². The van der Waals surface area contributed by atoms with Gasteiger partial charge >= 0.3 is 0 Å². The van der Waals surface area contributed by atoms with Crippen molar-refractivity contribution in [2.24, 2.45) is 13.0 Å². The summed E-state index contributed by atoms with van der Waals surface area (Å²) in [6, 6.07) is 8.21. The predicted molar refractivity (Wildman–Crippen MR) is 130 cm³/mol. The largest absolute Gasteiger partial charge is 0.393 e. The summed E-state index contributed by atoms with van der Waals surface area (Å²) in [5, 5.41) is 13.2. The number of amides is 1. The van der Waals surface area contributed by atoms with Gasteiger partial charge in [0, 0.05) is 48.8 Å². The zero-order valence-electron chi connectivity index (χ0n) is 19.0. The maximum atomic E-state index is 13.6. The van der Waals surface area contributed by atoms with E-state index >= 15 is 0 Å². The van der Waals surface area contributed by atoms with Crippen LogP contribution in [0.5, 0.6) is 0 Å². The molecule has 2 N–H and O–H groups in total. The van der Waals surface area contributed by atoms with E-state index in [0.29, 0.717) is 30.2 Å². The Kier molecular flexibility index (Phi) is 7.46. The molecule has 0 saturated carbocycles. The average Bonchev–Trinajstić information content (AvgIpc) is 3.19. The Hall–Kier alpha value is -2.53. The number of alkyl halides is 1. The van der Waals surface area contributed by atoms with Gasteiger partial charge in [0.05, 0.1) is 28.3 Å². The summed E-state index contributed by atoms with van der Waals surface area (Å²) >= 11 is 5.81. The molecular weight excluding hydrogens is 500 g/mol. The van der Waals surface area contributed by atoms with Crippen molar-refractivity contribution in [2.75, 3.05) is 25.1 Å². The molecule has 1 aromatic heterocycles. The second-order valence-corrected chi connectivity index (χ2v) is 11.1. The first kappa shape index (κ1) is 25.6. The van der Waals surface area contributed by atoms with Crippen LogP contribution in [0.2, 0.25) is 5.02 Å². The second-order valence-electron chi connectivity index (χ2n) is 8.75. The molecule has 0 radical (unpaired) electrons. The van der Waals surface area contributed by atoms with Gasteiger partial charge in [0.15, 0.2) is 0 Å². The topological polar surface area (TPSA) is 91.6 Å². The number of aliphatic hydroxyl groups is 1. The summed E-state index contributed by atoms with van der Waals surface area (Å²) < 4.78 is 57.2. The third-order valence-electron chi connectivity index (χ3n) is 6.37. The van der Waals surface area contributed by atoms with E-state index in [9.17, 15) is 27.1 Å². The molecule has 11 heteroatoms. The lowest BCUT2D eigenvalue weighted by molar-refractivity contribution is 0.0616. The summed E-state index contributed by atoms with van der Waals surface area (Å²) in [5.41, 5.74) is 0.876. The fourth-order valence-electron chi connectivity index (χ4n) is 4.33. The summed E-state index contributed by atoms with van der Waals surface area (Å²) in [6.07, 6.45) is 2.32. The standard InChI is InChI=1S/C24H26ClF2N3O4S/c1-29-9-7-18-19(24(32)28-16-5-6-21(27)20(25)10-16)11-17(12-22(18)29)35(33,34)30-8-3-2-4-23(31)15(13-26)14-30/h5-7,9-12,15,23,31H,2-4,8,13-14H2,1H3,(H,28,32). The molecule has 1 saturated heterocycles. The summed E-state index contributed by atoms with van der Waals surface area (Å²) in [7, 11) is -2.38. The molecule has 1 aliphatic heterocycles. The maximum absolute atomic E-state index is 13.6. The number of nitrogens with one attached hydrogen (secondary N) is 1. The number of aryl methyl sites for hydroxylation is 1. The van der Waals surface area contributed by atoms with E-state index in [-0.39, 0.29) is 34.3 Å². The Morgan fingerprint density at radius 1 is 1.23 bits per heavy atom. The molecule has 1 fully saturated rings. The highest BCUT2D eigenvalue weighted by molar-refractivity contribution is 7.89. The first-order valence-electron chi connectivity index (χ1n) is 11.2. The number of hydrogen-bond acceptors (Lipinski definition) is 4. The van der Waals surface area contributed by atoms with Gasteiger partial charge in [0.1, 0.15) is 5.82 Å². The van der Waals surface area contributed by atoms with Crippen LogP contribution in [0.15, 0.2) is 47.5 Å². The smallest absolute Gasteiger partial charge is 0.256 e. The molecule has 0 bridgehead atoms. The minimum Gasteiger partial charge on any atom is -0.393 e. The number of aliphatic hydroxyl groups excluding tert-OH is 1. The molecule has 7 nitrogen and oxygen atoms in total. The quantitative estimate of drug-likeness (QED) is 0.518. The summed E-state index contributed by atoms with van der Waals surface area (Å²) in [5.74, 6) is -2.05. The number of carbonyl (C=O) groups excluding carboxylic acids is 1. The first-order chi connectivity index (χ1) is 16.6. The lowest BCUT2D eigenvalue weighted by atomic mass is 9.97. The molecule has 0 spiro atoms. The highest BCUT2D eigenvalue weighted by Crippen LogP contribution is 2.30. The number of nitrogens with zero attached hydrogens (tertiary/aromatic N) is 2. The number of aromatic nitrogens is 1. The van der Waals surface area contributed by atoms with Gasteiger partial charge in [-0.15, -0.1) is 0 Å². The van der Waals surface area contributed by atoms with Gasteiger partial charge in [0.2, 0.25) is 10.0 Å². The SMILES string of the molecule is Cn1ccc2c(C(=O)Nc3ccc(F)c(Cl)c3)cc(S(=O)(=O)N3CCCCC(O)C(CF)C3)cc21. The number of carbonyl (C=O) groups is 1. The molecule has 0 aliphatic carbocycles. The minimum atomic E-state index is -4.10. The number of anilines is 1. The van der Waals surface area contributed by atoms with Crippen molar-refractivity contribution in [2.45, 2.75) is 30.3 Å². The molecule has 2 aromatic carbocycles. The predicted octanol–water partition coefficient (Wildman–Crippen LogP) is 4.34. The molecule has 35 heavy (non-hydrogen) atoms. The van der Waals surface area contributed by atoms with Gasteiger partial charge in [-0.25, -0.2) is 12.8 Å². The monoisotopic (exact) mass is 525 g/mol. The van der Waals surface area contributed by atoms with Gasteiger partial charge in [-0.2, -0.15) is 4.31 Å². The van der Waals surface area contributed by atoms with Crippen molar-refractivity contribution in [3.05, 3.63) is 59.0 Å². The molecule has 3 aromatic rings. The first-order valence-corrected chi connectivity index (χ1v) is 13.0. The Balaban J connectivity index is 1.74. The molecular formula is C24H26ClF2N3O4S. The van der Waals surface area contributed by atoms with Gasteiger partial charge in [-0.05, 0) is 55.7 Å². The Bertz CT molecular complexity index is 1360. The number of benzene rings is 2. The number of rotatable bonds is 5. The minimum absolute atomic E-state index is 0.108. The molecule has 2 unspecified atom stereocenters. The van der Waals surface area contributed by atoms with Crippen LogP contribution in [0.1, 0.15) is 29.6 Å². The molecule has 188 valence electrons. The van der Waals surface area contributed by atoms with E-state index in [1.807, 2.05) is 0 Å². The summed E-state index contributed by atoms with van der Waals surface area (Å²) in [6.45, 7) is -0.801. The Morgan fingerprint density at radius 2 is 2.00 bits per heavy atom. The zero-order valence-corrected chi connectivity index (χ0v) is 20.6. The highest BCUT2D eigenvalue weighted by Gasteiger charge is 2.32. The van der Waals surface area contributed by atoms with E-state index in [0.717, 1.165) is 6.07 Å². The number of halogens is 3. The van der Waals surface area contributed by atoms with Crippen molar-refractivity contribution >= 4 is 44.1 Å². The molecule has 4 rings (SSSR count). The van der Waals surface area contributed by atoms with Crippen LogP contribution < -0.4 is 5.32 Å². The van der Waals surface area contributed by atoms with Crippen LogP contribution in [0.3, 0.4) is 0 Å². The fraction of sp³-hybridized carbons (Fsp3) is 0.375. The van der Waals surface area contributed by atoms with Gasteiger partial charge in [0.25, 0.3) is 5.91 Å². The lowest BCUT2D eigenvalue weighted by Crippen LogP contribution is -2.42. The van der Waals surface area contributed by atoms with E-state index in [4.69, 9.17) is 11.6 Å². The zero-order chi connectivity index (χ0) is 25.3. The average molecular weight is 526 g/mol. The van der Waals surface area contributed by atoms with Crippen LogP contribution in [-0.2, 0) is 17.1 Å². The maximum Gasteiger partial charge on any atom is 0.256 e. The van der Waals surface area contributed by atoms with Gasteiger partial charge < -0.3 is 15.0 Å². The van der Waals surface area contributed by atoms with Crippen LogP contribution in [0.4, 0.5) is 14.5 Å². The van der Waals surface area contributed by atoms with Crippen molar-refractivity contribution in [3.8, 4) is 0 Å². The van der Waals surface area contributed by atoms with Crippen LogP contribution in [-0.4, -0.2) is 54.2 Å². The number of hydrogen-bond donors (Lipinski definition) is 2. The summed E-state index contributed by atoms with van der Waals surface area (Å²) in [4.78, 5) is 13.1. The highest BCUT2D eigenvalue weighted by atomic mass is 35.5. The van der Waals surface area contributed by atoms with Crippen molar-refractivity contribution < 1.29 is 27.1 Å². The molecule has 1 aliphatic rings. The number of fused-ring (bicyclic) bond motifs is 1. The Labute approximate surface area is 207 Å². The molecule has 2 atom stereocenters. The lowest BCUT2D eigenvalue weighted by Gasteiger charge is -2.31. The molecule has 2 heterocycles. The molecule has 1 amide bonds. The third-order valence-corrected chi connectivity index (χ3v) is 8.51.